The van der Waals surface area contributed by atoms with Crippen molar-refractivity contribution in [3.8, 4) is 0 Å². The van der Waals surface area contributed by atoms with Crippen molar-refractivity contribution in [1.82, 2.24) is 10.1 Å². The first-order valence-corrected chi connectivity index (χ1v) is 2.02. The molecule has 0 saturated heterocycles. The van der Waals surface area contributed by atoms with E-state index in [0.29, 0.717) is 0 Å². The molecule has 0 saturated carbocycles. The molecule has 48 valence electrons. The molecule has 0 amide bonds. The van der Waals surface area contributed by atoms with Crippen molar-refractivity contribution in [1.29, 1.82) is 0 Å². The third kappa shape index (κ3) is 0.958. The summed E-state index contributed by atoms with van der Waals surface area (Å²) < 4.78 is 4.16. The van der Waals surface area contributed by atoms with Crippen LogP contribution < -0.4 is 5.73 Å². The van der Waals surface area contributed by atoms with Crippen molar-refractivity contribution in [3.05, 3.63) is 5.82 Å². The Balaban J connectivity index is 2.98. The van der Waals surface area contributed by atoms with Gasteiger partial charge >= 0.3 is 12.0 Å². The number of nitrogens with zero attached hydrogens (tertiary/aromatic N) is 2. The van der Waals surface area contributed by atoms with E-state index in [1.54, 1.807) is 0 Å². The molecular formula is C3H3N3O3. The topological polar surface area (TPSA) is 102 Å². The van der Waals surface area contributed by atoms with E-state index in [2.05, 4.69) is 14.7 Å². The van der Waals surface area contributed by atoms with Crippen LogP contribution in [0.25, 0.3) is 0 Å². The quantitative estimate of drug-likeness (QED) is 0.522. The predicted molar refractivity (Wildman–Crippen MR) is 25.7 cm³/mol. The van der Waals surface area contributed by atoms with Gasteiger partial charge in [-0.15, -0.1) is 0 Å². The number of carboxylic acid groups (broad SMARTS) is 1. The number of aromatic nitrogens is 2. The normalized spacial score (nSPS) is 9.33. The zero-order valence-electron chi connectivity index (χ0n) is 4.24. The zero-order chi connectivity index (χ0) is 6.85. The van der Waals surface area contributed by atoms with Crippen LogP contribution in [0, 0.1) is 0 Å². The van der Waals surface area contributed by atoms with Crippen molar-refractivity contribution in [2.75, 3.05) is 5.73 Å². The fourth-order valence-electron chi connectivity index (χ4n) is 0.322. The van der Waals surface area contributed by atoms with E-state index in [4.69, 9.17) is 10.8 Å². The maximum absolute atomic E-state index is 9.97. The Morgan fingerprint density at radius 1 is 1.78 bits per heavy atom. The Morgan fingerprint density at radius 2 is 2.44 bits per heavy atom. The number of nitrogens with two attached hydrogens (primary N) is 1. The molecule has 0 aliphatic heterocycles. The summed E-state index contributed by atoms with van der Waals surface area (Å²) in [6, 6.07) is -0.243. The number of hydrogen-bond donors (Lipinski definition) is 2. The fraction of sp³-hybridized carbons (Fsp3) is 0. The number of rotatable bonds is 1. The second-order valence-electron chi connectivity index (χ2n) is 1.26. The van der Waals surface area contributed by atoms with E-state index in [9.17, 15) is 4.79 Å². The summed E-state index contributed by atoms with van der Waals surface area (Å²) in [5.74, 6) is -1.68. The van der Waals surface area contributed by atoms with Gasteiger partial charge in [0.15, 0.2) is 0 Å². The van der Waals surface area contributed by atoms with E-state index in [1.165, 1.54) is 0 Å². The molecule has 1 rings (SSSR count). The molecule has 1 aromatic heterocycles. The lowest BCUT2D eigenvalue weighted by Crippen LogP contribution is -1.98. The monoisotopic (exact) mass is 129 g/mol. The lowest BCUT2D eigenvalue weighted by atomic mass is 10.6. The maximum atomic E-state index is 9.97. The summed E-state index contributed by atoms with van der Waals surface area (Å²) in [4.78, 5) is 13.2. The molecule has 1 heterocycles. The third-order valence-corrected chi connectivity index (χ3v) is 0.633. The summed E-state index contributed by atoms with van der Waals surface area (Å²) in [6.45, 7) is 0. The highest BCUT2D eigenvalue weighted by molar-refractivity contribution is 5.83. The Bertz CT molecular complexity index is 230. The molecule has 0 radical (unpaired) electrons. The minimum absolute atomic E-state index is 0.243. The molecule has 0 unspecified atom stereocenters. The number of aromatic carboxylic acids is 1. The van der Waals surface area contributed by atoms with Gasteiger partial charge in [0.05, 0.1) is 0 Å². The minimum Gasteiger partial charge on any atom is -0.475 e. The van der Waals surface area contributed by atoms with E-state index in [1.807, 2.05) is 0 Å². The first-order valence-electron chi connectivity index (χ1n) is 2.02. The number of carboxylic acids is 1. The van der Waals surface area contributed by atoms with Gasteiger partial charge in [-0.25, -0.2) is 4.79 Å². The van der Waals surface area contributed by atoms with Gasteiger partial charge in [-0.1, -0.05) is 0 Å². The highest BCUT2D eigenvalue weighted by Crippen LogP contribution is 1.95. The first-order chi connectivity index (χ1) is 4.20. The van der Waals surface area contributed by atoms with Crippen molar-refractivity contribution < 1.29 is 14.4 Å². The van der Waals surface area contributed by atoms with E-state index in [0.717, 1.165) is 0 Å². The molecule has 3 N–H and O–H groups in total. The highest BCUT2D eigenvalue weighted by atomic mass is 16.5. The Labute approximate surface area is 49.3 Å². The first kappa shape index (κ1) is 5.54. The Kier molecular flexibility index (Phi) is 1.07. The zero-order valence-corrected chi connectivity index (χ0v) is 4.24. The largest absolute Gasteiger partial charge is 0.475 e. The van der Waals surface area contributed by atoms with E-state index < -0.39 is 11.8 Å². The van der Waals surface area contributed by atoms with Crippen molar-refractivity contribution in [3.63, 3.8) is 0 Å². The van der Waals surface area contributed by atoms with Gasteiger partial charge in [0.25, 0.3) is 5.82 Å². The van der Waals surface area contributed by atoms with Gasteiger partial charge in [-0.2, -0.15) is 4.98 Å². The van der Waals surface area contributed by atoms with Gasteiger partial charge in [-0.05, 0) is 5.16 Å². The van der Waals surface area contributed by atoms with Crippen LogP contribution in [0.3, 0.4) is 0 Å². The minimum atomic E-state index is -1.25. The Morgan fingerprint density at radius 3 is 2.67 bits per heavy atom. The lowest BCUT2D eigenvalue weighted by molar-refractivity contribution is 0.0680. The SMILES string of the molecule is Nc1nc(C(=O)O)no1. The van der Waals surface area contributed by atoms with Crippen LogP contribution in [0.15, 0.2) is 4.52 Å². The summed E-state index contributed by atoms with van der Waals surface area (Å²) in [6.07, 6.45) is 0. The molecule has 0 bridgehead atoms. The van der Waals surface area contributed by atoms with Crippen molar-refractivity contribution >= 4 is 12.0 Å². The molecule has 6 nitrogen and oxygen atoms in total. The summed E-state index contributed by atoms with van der Waals surface area (Å²) in [7, 11) is 0. The van der Waals surface area contributed by atoms with E-state index in [-0.39, 0.29) is 6.01 Å². The molecule has 6 heteroatoms. The smallest absolute Gasteiger partial charge is 0.377 e. The molecule has 0 aromatic carbocycles. The second-order valence-corrected chi connectivity index (χ2v) is 1.26. The van der Waals surface area contributed by atoms with Gasteiger partial charge in [0, 0.05) is 0 Å². The predicted octanol–water partition coefficient (Wildman–Crippen LogP) is -0.650. The average molecular weight is 129 g/mol. The third-order valence-electron chi connectivity index (χ3n) is 0.633. The molecule has 1 aromatic rings. The van der Waals surface area contributed by atoms with Crippen LogP contribution in [0.4, 0.5) is 6.01 Å². The molecule has 0 atom stereocenters. The molecule has 0 aliphatic rings. The van der Waals surface area contributed by atoms with Crippen molar-refractivity contribution in [2.24, 2.45) is 0 Å². The van der Waals surface area contributed by atoms with Crippen LogP contribution in [0.1, 0.15) is 10.6 Å². The van der Waals surface area contributed by atoms with Gasteiger partial charge in [0.1, 0.15) is 0 Å². The number of hydrogen-bond acceptors (Lipinski definition) is 5. The highest BCUT2D eigenvalue weighted by Gasteiger charge is 2.09. The fourth-order valence-corrected chi connectivity index (χ4v) is 0.322. The Hall–Kier alpha value is -1.59. The molecule has 0 aliphatic carbocycles. The van der Waals surface area contributed by atoms with Crippen LogP contribution >= 0.6 is 0 Å². The van der Waals surface area contributed by atoms with E-state index >= 15 is 0 Å². The van der Waals surface area contributed by atoms with Crippen LogP contribution in [-0.4, -0.2) is 21.2 Å². The van der Waals surface area contributed by atoms with Crippen LogP contribution in [0.2, 0.25) is 0 Å². The van der Waals surface area contributed by atoms with Crippen molar-refractivity contribution in [2.45, 2.75) is 0 Å². The molecule has 9 heavy (non-hydrogen) atoms. The second kappa shape index (κ2) is 1.73. The van der Waals surface area contributed by atoms with Crippen LogP contribution in [0.5, 0.6) is 0 Å². The van der Waals surface area contributed by atoms with Crippen LogP contribution in [-0.2, 0) is 0 Å². The van der Waals surface area contributed by atoms with Gasteiger partial charge in [-0.3, -0.25) is 0 Å². The maximum Gasteiger partial charge on any atom is 0.377 e. The summed E-state index contributed by atoms with van der Waals surface area (Å²) >= 11 is 0. The molecule has 0 fully saturated rings. The number of carbonyl (C=O) groups is 1. The standard InChI is InChI=1S/C3H3N3O3/c4-3-5-1(2(7)8)6-9-3/h(H,7,8)(H2,4,5,6). The number of nitrogen functional groups attached to an aromatic ring is 1. The molecular weight excluding hydrogens is 126 g/mol. The van der Waals surface area contributed by atoms with Gasteiger partial charge < -0.3 is 15.4 Å². The number of anilines is 1. The molecule has 0 spiro atoms. The average Bonchev–Trinajstić information content (AvgIpc) is 2.14. The summed E-state index contributed by atoms with van der Waals surface area (Å²) in [5, 5.41) is 11.2. The summed E-state index contributed by atoms with van der Waals surface area (Å²) in [5.41, 5.74) is 4.91. The van der Waals surface area contributed by atoms with Gasteiger partial charge in [0.2, 0.25) is 0 Å². The lowest BCUT2D eigenvalue weighted by Gasteiger charge is -1.74.